The third kappa shape index (κ3) is 4.67. The second-order valence-corrected chi connectivity index (χ2v) is 6.42. The molecule has 1 unspecified atom stereocenters. The Morgan fingerprint density at radius 1 is 1.32 bits per heavy atom. The van der Waals surface area contributed by atoms with E-state index in [1.807, 2.05) is 46.0 Å². The summed E-state index contributed by atoms with van der Waals surface area (Å²) in [6, 6.07) is 11.9. The van der Waals surface area contributed by atoms with E-state index >= 15 is 0 Å². The number of rotatable bonds is 7. The highest BCUT2D eigenvalue weighted by Crippen LogP contribution is 2.18. The van der Waals surface area contributed by atoms with Gasteiger partial charge in [0.05, 0.1) is 37.2 Å². The van der Waals surface area contributed by atoms with Gasteiger partial charge in [0, 0.05) is 19.6 Å². The van der Waals surface area contributed by atoms with Gasteiger partial charge < -0.3 is 14.7 Å². The zero-order valence-electron chi connectivity index (χ0n) is 14.6. The van der Waals surface area contributed by atoms with Crippen LogP contribution in [0.3, 0.4) is 0 Å². The van der Waals surface area contributed by atoms with Crippen LogP contribution in [0.25, 0.3) is 0 Å². The molecule has 0 aliphatic carbocycles. The van der Waals surface area contributed by atoms with Crippen LogP contribution in [0.15, 0.2) is 36.4 Å². The van der Waals surface area contributed by atoms with Gasteiger partial charge in [-0.25, -0.2) is 0 Å². The number of fused-ring (bicyclic) bond motifs is 1. The van der Waals surface area contributed by atoms with Crippen LogP contribution >= 0.6 is 0 Å². The first-order valence-corrected chi connectivity index (χ1v) is 8.77. The summed E-state index contributed by atoms with van der Waals surface area (Å²) in [4.78, 5) is 14.2. The number of carbonyl (C=O) groups excluding carboxylic acids is 1. The third-order valence-electron chi connectivity index (χ3n) is 4.39. The van der Waals surface area contributed by atoms with Crippen molar-refractivity contribution in [3.8, 4) is 0 Å². The van der Waals surface area contributed by atoms with Crippen LogP contribution in [0, 0.1) is 0 Å². The lowest BCUT2D eigenvalue weighted by molar-refractivity contribution is -0.133. The minimum atomic E-state index is -0.580. The SMILES string of the molecule is CC(O)c1cc2n(n1)CCN(C(=O)CCCOCc1ccccc1)C2. The summed E-state index contributed by atoms with van der Waals surface area (Å²) >= 11 is 0. The van der Waals surface area contributed by atoms with Gasteiger partial charge >= 0.3 is 0 Å². The average molecular weight is 343 g/mol. The van der Waals surface area contributed by atoms with Crippen molar-refractivity contribution in [3.63, 3.8) is 0 Å². The van der Waals surface area contributed by atoms with Crippen LogP contribution in [0.4, 0.5) is 0 Å². The van der Waals surface area contributed by atoms with Crippen molar-refractivity contribution >= 4 is 5.91 Å². The molecule has 0 radical (unpaired) electrons. The number of nitrogens with zero attached hydrogens (tertiary/aromatic N) is 3. The zero-order valence-corrected chi connectivity index (χ0v) is 14.6. The van der Waals surface area contributed by atoms with E-state index < -0.39 is 6.10 Å². The second-order valence-electron chi connectivity index (χ2n) is 6.42. The molecule has 1 aromatic carbocycles. The van der Waals surface area contributed by atoms with Crippen molar-refractivity contribution in [1.29, 1.82) is 0 Å². The number of aliphatic hydroxyl groups is 1. The van der Waals surface area contributed by atoms with Crippen LogP contribution in [0.2, 0.25) is 0 Å². The van der Waals surface area contributed by atoms with Gasteiger partial charge in [0.2, 0.25) is 5.91 Å². The van der Waals surface area contributed by atoms with Gasteiger partial charge in [0.15, 0.2) is 0 Å². The summed E-state index contributed by atoms with van der Waals surface area (Å²) in [7, 11) is 0. The number of aromatic nitrogens is 2. The molecule has 6 nitrogen and oxygen atoms in total. The number of benzene rings is 1. The lowest BCUT2D eigenvalue weighted by atomic mass is 10.2. The van der Waals surface area contributed by atoms with Gasteiger partial charge in [0.25, 0.3) is 0 Å². The summed E-state index contributed by atoms with van der Waals surface area (Å²) in [5.74, 6) is 0.148. The molecule has 1 aliphatic rings. The summed E-state index contributed by atoms with van der Waals surface area (Å²) in [5, 5.41) is 14.0. The van der Waals surface area contributed by atoms with E-state index in [0.717, 1.165) is 17.7 Å². The van der Waals surface area contributed by atoms with Crippen LogP contribution in [-0.4, -0.2) is 38.8 Å². The Morgan fingerprint density at radius 3 is 2.88 bits per heavy atom. The van der Waals surface area contributed by atoms with E-state index in [1.165, 1.54) is 0 Å². The fraction of sp³-hybridized carbons (Fsp3) is 0.474. The fourth-order valence-corrected chi connectivity index (χ4v) is 2.95. The Bertz CT molecular complexity index is 697. The van der Waals surface area contributed by atoms with Crippen molar-refractivity contribution in [1.82, 2.24) is 14.7 Å². The van der Waals surface area contributed by atoms with E-state index in [4.69, 9.17) is 4.74 Å². The molecule has 0 saturated heterocycles. The quantitative estimate of drug-likeness (QED) is 0.783. The number of aliphatic hydroxyl groups excluding tert-OH is 1. The van der Waals surface area contributed by atoms with Crippen molar-refractivity contribution in [2.75, 3.05) is 13.2 Å². The van der Waals surface area contributed by atoms with Crippen LogP contribution < -0.4 is 0 Å². The maximum atomic E-state index is 12.4. The Kier molecular flexibility index (Phi) is 5.83. The molecular weight excluding hydrogens is 318 g/mol. The highest BCUT2D eigenvalue weighted by atomic mass is 16.5. The van der Waals surface area contributed by atoms with E-state index in [-0.39, 0.29) is 5.91 Å². The first-order valence-electron chi connectivity index (χ1n) is 8.77. The van der Waals surface area contributed by atoms with Crippen molar-refractivity contribution < 1.29 is 14.6 Å². The van der Waals surface area contributed by atoms with E-state index in [1.54, 1.807) is 6.92 Å². The van der Waals surface area contributed by atoms with Crippen LogP contribution in [0.1, 0.15) is 42.8 Å². The number of carbonyl (C=O) groups is 1. The Hall–Kier alpha value is -2.18. The summed E-state index contributed by atoms with van der Waals surface area (Å²) in [6.45, 7) is 4.77. The molecule has 134 valence electrons. The molecule has 3 rings (SSSR count). The van der Waals surface area contributed by atoms with E-state index in [2.05, 4.69) is 5.10 Å². The molecular formula is C19H25N3O3. The molecule has 0 fully saturated rings. The van der Waals surface area contributed by atoms with Crippen molar-refractivity contribution in [2.45, 2.75) is 45.6 Å². The Morgan fingerprint density at radius 2 is 2.12 bits per heavy atom. The Balaban J connectivity index is 1.40. The molecule has 25 heavy (non-hydrogen) atoms. The second kappa shape index (κ2) is 8.27. The minimum absolute atomic E-state index is 0.148. The smallest absolute Gasteiger partial charge is 0.223 e. The number of ether oxygens (including phenoxy) is 1. The molecule has 1 amide bonds. The molecule has 1 aromatic heterocycles. The minimum Gasteiger partial charge on any atom is -0.387 e. The van der Waals surface area contributed by atoms with Gasteiger partial charge in [-0.15, -0.1) is 0 Å². The molecule has 1 N–H and O–H groups in total. The van der Waals surface area contributed by atoms with E-state index in [9.17, 15) is 9.90 Å². The number of hydrogen-bond donors (Lipinski definition) is 1. The molecule has 0 bridgehead atoms. The number of amides is 1. The average Bonchev–Trinajstić information content (AvgIpc) is 3.06. The predicted octanol–water partition coefficient (Wildman–Crippen LogP) is 2.28. The maximum absolute atomic E-state index is 12.4. The molecule has 2 aromatic rings. The predicted molar refractivity (Wildman–Crippen MR) is 93.6 cm³/mol. The first-order chi connectivity index (χ1) is 12.1. The molecule has 0 spiro atoms. The van der Waals surface area contributed by atoms with Gasteiger partial charge in [-0.05, 0) is 25.0 Å². The van der Waals surface area contributed by atoms with Gasteiger partial charge in [0.1, 0.15) is 0 Å². The lowest BCUT2D eigenvalue weighted by Gasteiger charge is -2.27. The molecule has 2 heterocycles. The van der Waals surface area contributed by atoms with Crippen LogP contribution in [0.5, 0.6) is 0 Å². The fourth-order valence-electron chi connectivity index (χ4n) is 2.95. The van der Waals surface area contributed by atoms with Crippen molar-refractivity contribution in [2.24, 2.45) is 0 Å². The normalized spacial score (nSPS) is 15.0. The summed E-state index contributed by atoms with van der Waals surface area (Å²) in [5.41, 5.74) is 2.79. The Labute approximate surface area is 148 Å². The largest absolute Gasteiger partial charge is 0.387 e. The number of hydrogen-bond acceptors (Lipinski definition) is 4. The standard InChI is InChI=1S/C19H25N3O3/c1-15(23)18-12-17-13-21(9-10-22(17)20-18)19(24)8-5-11-25-14-16-6-3-2-4-7-16/h2-4,6-7,12,15,23H,5,8-11,13-14H2,1H3. The highest BCUT2D eigenvalue weighted by molar-refractivity contribution is 5.76. The molecule has 6 heteroatoms. The van der Waals surface area contributed by atoms with Crippen LogP contribution in [-0.2, 0) is 29.2 Å². The monoisotopic (exact) mass is 343 g/mol. The molecule has 0 saturated carbocycles. The molecule has 1 aliphatic heterocycles. The summed E-state index contributed by atoms with van der Waals surface area (Å²) in [6.07, 6.45) is 0.635. The lowest BCUT2D eigenvalue weighted by Crippen LogP contribution is -2.38. The van der Waals surface area contributed by atoms with Gasteiger partial charge in [-0.3, -0.25) is 9.48 Å². The highest BCUT2D eigenvalue weighted by Gasteiger charge is 2.22. The first kappa shape index (κ1) is 17.6. The topological polar surface area (TPSA) is 67.6 Å². The maximum Gasteiger partial charge on any atom is 0.223 e. The van der Waals surface area contributed by atoms with Gasteiger partial charge in [-0.2, -0.15) is 5.10 Å². The zero-order chi connectivity index (χ0) is 17.6. The van der Waals surface area contributed by atoms with Gasteiger partial charge in [-0.1, -0.05) is 30.3 Å². The van der Waals surface area contributed by atoms with Crippen molar-refractivity contribution in [3.05, 3.63) is 53.3 Å². The third-order valence-corrected chi connectivity index (χ3v) is 4.39. The summed E-state index contributed by atoms with van der Waals surface area (Å²) < 4.78 is 7.51. The molecule has 1 atom stereocenters. The van der Waals surface area contributed by atoms with E-state index in [0.29, 0.717) is 45.0 Å².